The highest BCUT2D eigenvalue weighted by atomic mass is 16.5. The van der Waals surface area contributed by atoms with Crippen LogP contribution in [-0.2, 0) is 11.2 Å². The van der Waals surface area contributed by atoms with Gasteiger partial charge >= 0.3 is 6.03 Å². The van der Waals surface area contributed by atoms with E-state index in [0.29, 0.717) is 37.8 Å². The zero-order valence-corrected chi connectivity index (χ0v) is 14.6. The van der Waals surface area contributed by atoms with E-state index in [9.17, 15) is 4.79 Å². The van der Waals surface area contributed by atoms with Gasteiger partial charge in [-0.25, -0.2) is 4.79 Å². The Bertz CT molecular complexity index is 689. The van der Waals surface area contributed by atoms with Crippen LogP contribution in [0.1, 0.15) is 36.7 Å². The lowest BCUT2D eigenvalue weighted by molar-refractivity contribution is -0.0137. The molecule has 134 valence electrons. The van der Waals surface area contributed by atoms with Crippen molar-refractivity contribution < 1.29 is 14.1 Å². The normalized spacial score (nSPS) is 18.8. The van der Waals surface area contributed by atoms with Crippen molar-refractivity contribution in [2.24, 2.45) is 0 Å². The Hall–Kier alpha value is -2.41. The molecule has 0 radical (unpaired) electrons. The van der Waals surface area contributed by atoms with E-state index in [1.165, 1.54) is 5.56 Å². The Morgan fingerprint density at radius 2 is 2.20 bits per heavy atom. The van der Waals surface area contributed by atoms with Crippen LogP contribution < -0.4 is 5.32 Å². The Balaban J connectivity index is 1.57. The Morgan fingerprint density at radius 1 is 1.40 bits per heavy atom. The maximum absolute atomic E-state index is 12.6. The molecular weight excluding hydrogens is 320 g/mol. The number of aromatic nitrogens is 2. The van der Waals surface area contributed by atoms with Crippen LogP contribution in [-0.4, -0.2) is 46.9 Å². The van der Waals surface area contributed by atoms with Crippen molar-refractivity contribution in [3.8, 4) is 0 Å². The molecule has 25 heavy (non-hydrogen) atoms. The third-order valence-electron chi connectivity index (χ3n) is 4.29. The summed E-state index contributed by atoms with van der Waals surface area (Å²) in [6, 6.07) is 9.82. The van der Waals surface area contributed by atoms with Gasteiger partial charge in [-0.1, -0.05) is 42.4 Å². The monoisotopic (exact) mass is 344 g/mol. The quantitative estimate of drug-likeness (QED) is 0.901. The van der Waals surface area contributed by atoms with Gasteiger partial charge in [0.25, 0.3) is 0 Å². The molecule has 1 aromatic heterocycles. The van der Waals surface area contributed by atoms with Crippen LogP contribution in [0.5, 0.6) is 0 Å². The third-order valence-corrected chi connectivity index (χ3v) is 4.29. The maximum Gasteiger partial charge on any atom is 0.318 e. The molecule has 2 heterocycles. The minimum absolute atomic E-state index is 0.00870. The lowest BCUT2D eigenvalue weighted by Gasteiger charge is -2.33. The fourth-order valence-electron chi connectivity index (χ4n) is 2.95. The molecule has 2 amide bonds. The van der Waals surface area contributed by atoms with Gasteiger partial charge in [-0.2, -0.15) is 4.98 Å². The Morgan fingerprint density at radius 3 is 2.88 bits per heavy atom. The molecule has 0 spiro atoms. The minimum Gasteiger partial charge on any atom is -0.374 e. The number of morpholine rings is 1. The summed E-state index contributed by atoms with van der Waals surface area (Å²) in [5, 5.41) is 6.91. The lowest BCUT2D eigenvalue weighted by atomic mass is 10.1. The second-order valence-electron chi connectivity index (χ2n) is 6.21. The molecule has 1 fully saturated rings. The average molecular weight is 344 g/mol. The molecule has 1 aromatic carbocycles. The number of amides is 2. The van der Waals surface area contributed by atoms with Gasteiger partial charge in [-0.15, -0.1) is 0 Å². The van der Waals surface area contributed by atoms with E-state index >= 15 is 0 Å². The summed E-state index contributed by atoms with van der Waals surface area (Å²) in [6.45, 7) is 5.42. The van der Waals surface area contributed by atoms with Crippen molar-refractivity contribution in [2.45, 2.75) is 38.8 Å². The van der Waals surface area contributed by atoms with Crippen LogP contribution >= 0.6 is 0 Å². The van der Waals surface area contributed by atoms with Crippen molar-refractivity contribution >= 4 is 6.03 Å². The first kappa shape index (κ1) is 17.4. The Labute approximate surface area is 147 Å². The second-order valence-corrected chi connectivity index (χ2v) is 6.21. The molecule has 1 saturated heterocycles. The van der Waals surface area contributed by atoms with Crippen LogP contribution in [0.25, 0.3) is 0 Å². The zero-order valence-electron chi connectivity index (χ0n) is 14.6. The number of rotatable bonds is 5. The number of urea groups is 1. The molecule has 2 aromatic rings. The molecule has 1 aliphatic rings. The molecule has 7 heteroatoms. The highest BCUT2D eigenvalue weighted by Crippen LogP contribution is 2.16. The summed E-state index contributed by atoms with van der Waals surface area (Å²) < 4.78 is 10.8. The predicted octanol–water partition coefficient (Wildman–Crippen LogP) is 2.48. The highest BCUT2D eigenvalue weighted by molar-refractivity contribution is 5.74. The van der Waals surface area contributed by atoms with E-state index in [1.807, 2.05) is 25.1 Å². The number of hydrogen-bond acceptors (Lipinski definition) is 5. The van der Waals surface area contributed by atoms with E-state index in [2.05, 4.69) is 27.6 Å². The first-order chi connectivity index (χ1) is 12.2. The standard InChI is InChI=1S/C18H24N4O3/c1-3-16(17-19-13(2)25-21-17)20-18(23)22-9-10-24-15(12-22)11-14-7-5-4-6-8-14/h4-8,15-16H,3,9-12H2,1-2H3,(H,20,23). The summed E-state index contributed by atoms with van der Waals surface area (Å²) in [5.74, 6) is 1.01. The number of ether oxygens (including phenoxy) is 1. The Kier molecular flexibility index (Phi) is 5.65. The van der Waals surface area contributed by atoms with Crippen molar-refractivity contribution in [1.82, 2.24) is 20.4 Å². The van der Waals surface area contributed by atoms with Crippen LogP contribution in [0, 0.1) is 6.92 Å². The molecule has 0 bridgehead atoms. The SMILES string of the molecule is CCC(NC(=O)N1CCOC(Cc2ccccc2)C1)c1noc(C)n1. The number of carbonyl (C=O) groups excluding carboxylic acids is 1. The molecule has 1 N–H and O–H groups in total. The van der Waals surface area contributed by atoms with E-state index < -0.39 is 0 Å². The van der Waals surface area contributed by atoms with Crippen LogP contribution in [0.2, 0.25) is 0 Å². The van der Waals surface area contributed by atoms with Crippen molar-refractivity contribution in [3.63, 3.8) is 0 Å². The van der Waals surface area contributed by atoms with E-state index in [0.717, 1.165) is 6.42 Å². The molecular formula is C18H24N4O3. The summed E-state index contributed by atoms with van der Waals surface area (Å²) in [6.07, 6.45) is 1.50. The highest BCUT2D eigenvalue weighted by Gasteiger charge is 2.27. The smallest absolute Gasteiger partial charge is 0.318 e. The van der Waals surface area contributed by atoms with Gasteiger partial charge in [0.05, 0.1) is 18.8 Å². The zero-order chi connectivity index (χ0) is 17.6. The summed E-state index contributed by atoms with van der Waals surface area (Å²) in [4.78, 5) is 18.6. The molecule has 7 nitrogen and oxygen atoms in total. The van der Waals surface area contributed by atoms with E-state index in [-0.39, 0.29) is 18.2 Å². The minimum atomic E-state index is -0.250. The summed E-state index contributed by atoms with van der Waals surface area (Å²) in [7, 11) is 0. The number of aryl methyl sites for hydroxylation is 1. The van der Waals surface area contributed by atoms with Gasteiger partial charge in [-0.05, 0) is 12.0 Å². The number of carbonyl (C=O) groups is 1. The lowest BCUT2D eigenvalue weighted by Crippen LogP contribution is -2.50. The van der Waals surface area contributed by atoms with Crippen LogP contribution in [0.4, 0.5) is 4.79 Å². The van der Waals surface area contributed by atoms with E-state index in [1.54, 1.807) is 11.8 Å². The summed E-state index contributed by atoms with van der Waals surface area (Å²) in [5.41, 5.74) is 1.21. The van der Waals surface area contributed by atoms with Gasteiger partial charge in [0.1, 0.15) is 0 Å². The van der Waals surface area contributed by atoms with Gasteiger partial charge in [0.15, 0.2) is 5.82 Å². The average Bonchev–Trinajstić information content (AvgIpc) is 3.07. The van der Waals surface area contributed by atoms with Crippen LogP contribution in [0.3, 0.4) is 0 Å². The van der Waals surface area contributed by atoms with E-state index in [4.69, 9.17) is 9.26 Å². The number of nitrogens with zero attached hydrogens (tertiary/aromatic N) is 3. The predicted molar refractivity (Wildman–Crippen MR) is 92.1 cm³/mol. The number of hydrogen-bond donors (Lipinski definition) is 1. The fraction of sp³-hybridized carbons (Fsp3) is 0.500. The molecule has 0 aliphatic carbocycles. The number of benzene rings is 1. The third kappa shape index (κ3) is 4.57. The fourth-order valence-corrected chi connectivity index (χ4v) is 2.95. The molecule has 1 aliphatic heterocycles. The van der Waals surface area contributed by atoms with Crippen molar-refractivity contribution in [3.05, 3.63) is 47.6 Å². The van der Waals surface area contributed by atoms with Crippen LogP contribution in [0.15, 0.2) is 34.9 Å². The second kappa shape index (κ2) is 8.11. The first-order valence-electron chi connectivity index (χ1n) is 8.67. The molecule has 2 atom stereocenters. The largest absolute Gasteiger partial charge is 0.374 e. The van der Waals surface area contributed by atoms with Gasteiger partial charge in [0.2, 0.25) is 5.89 Å². The number of nitrogens with one attached hydrogen (secondary N) is 1. The van der Waals surface area contributed by atoms with Gasteiger partial charge < -0.3 is 19.5 Å². The van der Waals surface area contributed by atoms with Crippen molar-refractivity contribution in [1.29, 1.82) is 0 Å². The van der Waals surface area contributed by atoms with Gasteiger partial charge in [0, 0.05) is 26.4 Å². The summed E-state index contributed by atoms with van der Waals surface area (Å²) >= 11 is 0. The molecule has 0 saturated carbocycles. The van der Waals surface area contributed by atoms with Gasteiger partial charge in [-0.3, -0.25) is 0 Å². The first-order valence-corrected chi connectivity index (χ1v) is 8.67. The maximum atomic E-state index is 12.6. The topological polar surface area (TPSA) is 80.5 Å². The molecule has 3 rings (SSSR count). The molecule has 2 unspecified atom stereocenters. The van der Waals surface area contributed by atoms with Crippen molar-refractivity contribution in [2.75, 3.05) is 19.7 Å².